The summed E-state index contributed by atoms with van der Waals surface area (Å²) in [6.45, 7) is 6.69. The Hall–Kier alpha value is -2.21. The molecule has 146 valence electrons. The Labute approximate surface area is 161 Å². The fourth-order valence-electron chi connectivity index (χ4n) is 3.78. The summed E-state index contributed by atoms with van der Waals surface area (Å²) < 4.78 is 5.47. The Bertz CT molecular complexity index is 704. The molecule has 1 amide bonds. The first-order chi connectivity index (χ1) is 13.2. The van der Waals surface area contributed by atoms with E-state index >= 15 is 0 Å². The van der Waals surface area contributed by atoms with Gasteiger partial charge in [0.15, 0.2) is 0 Å². The second-order valence-electron chi connectivity index (χ2n) is 7.22. The molecule has 3 heterocycles. The van der Waals surface area contributed by atoms with E-state index in [2.05, 4.69) is 29.3 Å². The van der Waals surface area contributed by atoms with Crippen LogP contribution in [-0.2, 0) is 6.54 Å². The van der Waals surface area contributed by atoms with Crippen LogP contribution in [0.25, 0.3) is 0 Å². The summed E-state index contributed by atoms with van der Waals surface area (Å²) in [5.74, 6) is 0.587. The van der Waals surface area contributed by atoms with Gasteiger partial charge in [-0.15, -0.1) is 0 Å². The van der Waals surface area contributed by atoms with Crippen molar-refractivity contribution in [1.82, 2.24) is 20.4 Å². The SMILES string of the molecule is CCC(CC)c1cc(C(=O)N(Cc2ccccn2)C2CCCNCC2)on1. The lowest BCUT2D eigenvalue weighted by atomic mass is 9.99. The summed E-state index contributed by atoms with van der Waals surface area (Å²) in [6, 6.07) is 7.82. The molecule has 1 fully saturated rings. The Balaban J connectivity index is 1.83. The fraction of sp³-hybridized carbons (Fsp3) is 0.571. The summed E-state index contributed by atoms with van der Waals surface area (Å²) in [5.41, 5.74) is 1.77. The predicted octanol–water partition coefficient (Wildman–Crippen LogP) is 3.76. The van der Waals surface area contributed by atoms with Crippen molar-refractivity contribution in [3.8, 4) is 0 Å². The van der Waals surface area contributed by atoms with Crippen LogP contribution in [0.4, 0.5) is 0 Å². The zero-order chi connectivity index (χ0) is 19.1. The van der Waals surface area contributed by atoms with Gasteiger partial charge in [0, 0.05) is 24.2 Å². The molecule has 27 heavy (non-hydrogen) atoms. The highest BCUT2D eigenvalue weighted by Gasteiger charge is 2.29. The Morgan fingerprint density at radius 3 is 2.89 bits per heavy atom. The third-order valence-electron chi connectivity index (χ3n) is 5.45. The van der Waals surface area contributed by atoms with E-state index in [1.165, 1.54) is 0 Å². The minimum atomic E-state index is -0.0859. The molecule has 0 bridgehead atoms. The van der Waals surface area contributed by atoms with Gasteiger partial charge in [0.25, 0.3) is 5.91 Å². The molecule has 0 saturated carbocycles. The second kappa shape index (κ2) is 9.65. The Morgan fingerprint density at radius 2 is 2.15 bits per heavy atom. The topological polar surface area (TPSA) is 71.3 Å². The maximum absolute atomic E-state index is 13.3. The van der Waals surface area contributed by atoms with Crippen molar-refractivity contribution in [2.45, 2.75) is 64.5 Å². The number of nitrogens with one attached hydrogen (secondary N) is 1. The number of hydrogen-bond donors (Lipinski definition) is 1. The van der Waals surface area contributed by atoms with E-state index in [9.17, 15) is 4.79 Å². The Morgan fingerprint density at radius 1 is 1.30 bits per heavy atom. The van der Waals surface area contributed by atoms with Gasteiger partial charge in [-0.1, -0.05) is 25.1 Å². The van der Waals surface area contributed by atoms with Crippen molar-refractivity contribution >= 4 is 5.91 Å². The maximum atomic E-state index is 13.3. The fourth-order valence-corrected chi connectivity index (χ4v) is 3.78. The van der Waals surface area contributed by atoms with Gasteiger partial charge in [-0.2, -0.15) is 0 Å². The molecule has 1 atom stereocenters. The highest BCUT2D eigenvalue weighted by molar-refractivity contribution is 5.91. The number of carbonyl (C=O) groups is 1. The van der Waals surface area contributed by atoms with Crippen LogP contribution in [0.15, 0.2) is 35.0 Å². The number of pyridine rings is 1. The van der Waals surface area contributed by atoms with Gasteiger partial charge in [0.05, 0.1) is 17.9 Å². The predicted molar refractivity (Wildman–Crippen MR) is 104 cm³/mol. The van der Waals surface area contributed by atoms with Crippen LogP contribution < -0.4 is 5.32 Å². The number of carbonyl (C=O) groups excluding carboxylic acids is 1. The average molecular weight is 370 g/mol. The molecule has 1 aliphatic rings. The number of amides is 1. The van der Waals surface area contributed by atoms with Crippen LogP contribution in [0.1, 0.15) is 73.8 Å². The van der Waals surface area contributed by atoms with Crippen LogP contribution in [-0.4, -0.2) is 40.1 Å². The minimum absolute atomic E-state index is 0.0859. The molecule has 6 heteroatoms. The number of hydrogen-bond acceptors (Lipinski definition) is 5. The summed E-state index contributed by atoms with van der Waals surface area (Å²) in [6.07, 6.45) is 6.73. The van der Waals surface area contributed by atoms with Crippen molar-refractivity contribution in [1.29, 1.82) is 0 Å². The maximum Gasteiger partial charge on any atom is 0.293 e. The van der Waals surface area contributed by atoms with Gasteiger partial charge in [-0.3, -0.25) is 9.78 Å². The van der Waals surface area contributed by atoms with Crippen molar-refractivity contribution in [2.24, 2.45) is 0 Å². The summed E-state index contributed by atoms with van der Waals surface area (Å²) in [4.78, 5) is 19.7. The molecule has 2 aromatic rings. The molecule has 6 nitrogen and oxygen atoms in total. The van der Waals surface area contributed by atoms with Crippen LogP contribution >= 0.6 is 0 Å². The standard InChI is InChI=1S/C21H30N4O2/c1-3-16(4-2)19-14-20(27-24-19)21(26)25(15-17-8-5-6-12-23-17)18-9-7-11-22-13-10-18/h5-6,8,12,14,16,18,22H,3-4,7,9-11,13,15H2,1-2H3. The van der Waals surface area contributed by atoms with E-state index in [0.717, 1.165) is 56.6 Å². The molecular weight excluding hydrogens is 340 g/mol. The molecular formula is C21H30N4O2. The van der Waals surface area contributed by atoms with Gasteiger partial charge >= 0.3 is 0 Å². The van der Waals surface area contributed by atoms with E-state index in [1.807, 2.05) is 29.2 Å². The zero-order valence-electron chi connectivity index (χ0n) is 16.4. The molecule has 3 rings (SSSR count). The lowest BCUT2D eigenvalue weighted by Gasteiger charge is -2.30. The first kappa shape index (κ1) is 19.5. The van der Waals surface area contributed by atoms with Gasteiger partial charge in [-0.05, 0) is 57.3 Å². The Kier molecular flexibility index (Phi) is 6.98. The van der Waals surface area contributed by atoms with E-state index in [0.29, 0.717) is 18.2 Å². The number of rotatable bonds is 7. The molecule has 0 aliphatic carbocycles. The van der Waals surface area contributed by atoms with E-state index < -0.39 is 0 Å². The number of aromatic nitrogens is 2. The smallest absolute Gasteiger partial charge is 0.293 e. The third-order valence-corrected chi connectivity index (χ3v) is 5.45. The van der Waals surface area contributed by atoms with Crippen molar-refractivity contribution in [3.63, 3.8) is 0 Å². The van der Waals surface area contributed by atoms with Crippen LogP contribution in [0.3, 0.4) is 0 Å². The summed E-state index contributed by atoms with van der Waals surface area (Å²) in [5, 5.41) is 7.60. The van der Waals surface area contributed by atoms with Crippen LogP contribution in [0.2, 0.25) is 0 Å². The lowest BCUT2D eigenvalue weighted by Crippen LogP contribution is -2.40. The highest BCUT2D eigenvalue weighted by Crippen LogP contribution is 2.25. The molecule has 1 saturated heterocycles. The lowest BCUT2D eigenvalue weighted by molar-refractivity contribution is 0.0599. The minimum Gasteiger partial charge on any atom is -0.351 e. The molecule has 1 unspecified atom stereocenters. The second-order valence-corrected chi connectivity index (χ2v) is 7.22. The van der Waals surface area contributed by atoms with E-state index in [-0.39, 0.29) is 11.9 Å². The molecule has 1 aliphatic heterocycles. The van der Waals surface area contributed by atoms with Crippen molar-refractivity contribution < 1.29 is 9.32 Å². The van der Waals surface area contributed by atoms with Gasteiger partial charge in [0.1, 0.15) is 0 Å². The van der Waals surface area contributed by atoms with Gasteiger partial charge < -0.3 is 14.7 Å². The monoisotopic (exact) mass is 370 g/mol. The zero-order valence-corrected chi connectivity index (χ0v) is 16.4. The van der Waals surface area contributed by atoms with Crippen LogP contribution in [0.5, 0.6) is 0 Å². The largest absolute Gasteiger partial charge is 0.351 e. The third kappa shape index (κ3) is 4.95. The average Bonchev–Trinajstić information content (AvgIpc) is 3.03. The molecule has 1 N–H and O–H groups in total. The highest BCUT2D eigenvalue weighted by atomic mass is 16.5. The molecule has 0 radical (unpaired) electrons. The van der Waals surface area contributed by atoms with Crippen LogP contribution in [0, 0.1) is 0 Å². The first-order valence-corrected chi connectivity index (χ1v) is 10.1. The number of nitrogens with zero attached hydrogens (tertiary/aromatic N) is 3. The first-order valence-electron chi connectivity index (χ1n) is 10.1. The summed E-state index contributed by atoms with van der Waals surface area (Å²) in [7, 11) is 0. The summed E-state index contributed by atoms with van der Waals surface area (Å²) >= 11 is 0. The van der Waals surface area contributed by atoms with E-state index in [4.69, 9.17) is 4.52 Å². The van der Waals surface area contributed by atoms with Crippen molar-refractivity contribution in [3.05, 3.63) is 47.6 Å². The normalized spacial score (nSPS) is 17.7. The quantitative estimate of drug-likeness (QED) is 0.803. The van der Waals surface area contributed by atoms with Gasteiger partial charge in [0.2, 0.25) is 5.76 Å². The molecule has 2 aromatic heterocycles. The van der Waals surface area contributed by atoms with Crippen molar-refractivity contribution in [2.75, 3.05) is 13.1 Å². The van der Waals surface area contributed by atoms with Gasteiger partial charge in [-0.25, -0.2) is 0 Å². The molecule has 0 spiro atoms. The molecule has 0 aromatic carbocycles. The van der Waals surface area contributed by atoms with E-state index in [1.54, 1.807) is 6.20 Å².